The molecule has 1 heterocycles. The lowest BCUT2D eigenvalue weighted by Gasteiger charge is -2.32. The molecule has 1 fully saturated rings. The van der Waals surface area contributed by atoms with Gasteiger partial charge in [-0.2, -0.15) is 0 Å². The van der Waals surface area contributed by atoms with Gasteiger partial charge in [0.2, 0.25) is 0 Å². The van der Waals surface area contributed by atoms with Crippen LogP contribution in [0.25, 0.3) is 0 Å². The summed E-state index contributed by atoms with van der Waals surface area (Å²) in [4.78, 5) is 13.8. The maximum absolute atomic E-state index is 12.2. The van der Waals surface area contributed by atoms with Gasteiger partial charge in [-0.3, -0.25) is 4.79 Å². The Morgan fingerprint density at radius 2 is 1.77 bits per heavy atom. The van der Waals surface area contributed by atoms with Crippen LogP contribution in [-0.2, 0) is 9.31 Å². The minimum atomic E-state index is -0.476. The molecule has 0 aromatic heterocycles. The average Bonchev–Trinajstić information content (AvgIpc) is 2.65. The summed E-state index contributed by atoms with van der Waals surface area (Å²) < 4.78 is 12.0. The molecule has 1 amide bonds. The van der Waals surface area contributed by atoms with E-state index in [-0.39, 0.29) is 5.91 Å². The van der Waals surface area contributed by atoms with Gasteiger partial charge in [-0.05, 0) is 52.2 Å². The molecule has 4 nitrogen and oxygen atoms in total. The van der Waals surface area contributed by atoms with Crippen molar-refractivity contribution in [1.29, 1.82) is 0 Å². The first-order valence-electron chi connectivity index (χ1n) is 7.49. The summed E-state index contributed by atoms with van der Waals surface area (Å²) in [5, 5.41) is 0.414. The third kappa shape index (κ3) is 3.03. The molecule has 0 N–H and O–H groups in total. The van der Waals surface area contributed by atoms with E-state index in [0.29, 0.717) is 17.1 Å². The molecule has 0 atom stereocenters. The smallest absolute Gasteiger partial charge is 0.399 e. The van der Waals surface area contributed by atoms with Crippen LogP contribution in [0.2, 0.25) is 5.02 Å². The summed E-state index contributed by atoms with van der Waals surface area (Å²) in [6.07, 6.45) is 0. The molecule has 1 saturated heterocycles. The Balaban J connectivity index is 2.26. The van der Waals surface area contributed by atoms with E-state index in [2.05, 4.69) is 0 Å². The Hall–Kier alpha value is -1.04. The molecular formula is C16H23BClNO3. The zero-order valence-electron chi connectivity index (χ0n) is 14.1. The maximum Gasteiger partial charge on any atom is 0.494 e. The van der Waals surface area contributed by atoms with E-state index in [4.69, 9.17) is 20.9 Å². The highest BCUT2D eigenvalue weighted by Crippen LogP contribution is 2.36. The second-order valence-electron chi connectivity index (χ2n) is 6.65. The highest BCUT2D eigenvalue weighted by molar-refractivity contribution is 6.62. The number of benzene rings is 1. The maximum atomic E-state index is 12.2. The second-order valence-corrected chi connectivity index (χ2v) is 7.05. The van der Waals surface area contributed by atoms with E-state index in [1.807, 2.05) is 40.7 Å². The number of halogens is 1. The second kappa shape index (κ2) is 5.87. The van der Waals surface area contributed by atoms with E-state index < -0.39 is 18.3 Å². The van der Waals surface area contributed by atoms with Crippen molar-refractivity contribution in [2.75, 3.05) is 13.6 Å². The molecule has 1 aliphatic heterocycles. The van der Waals surface area contributed by atoms with Crippen molar-refractivity contribution in [3.05, 3.63) is 28.8 Å². The van der Waals surface area contributed by atoms with Gasteiger partial charge >= 0.3 is 7.12 Å². The van der Waals surface area contributed by atoms with Crippen LogP contribution in [0, 0.1) is 0 Å². The van der Waals surface area contributed by atoms with E-state index in [0.717, 1.165) is 5.46 Å². The van der Waals surface area contributed by atoms with Gasteiger partial charge in [0.1, 0.15) is 0 Å². The first-order valence-corrected chi connectivity index (χ1v) is 7.87. The van der Waals surface area contributed by atoms with Crippen molar-refractivity contribution in [3.8, 4) is 0 Å². The molecule has 0 radical (unpaired) electrons. The predicted molar refractivity (Wildman–Crippen MR) is 89.8 cm³/mol. The number of carbonyl (C=O) groups excluding carboxylic acids is 1. The lowest BCUT2D eigenvalue weighted by Crippen LogP contribution is -2.41. The van der Waals surface area contributed by atoms with Crippen molar-refractivity contribution in [3.63, 3.8) is 0 Å². The van der Waals surface area contributed by atoms with Gasteiger partial charge < -0.3 is 14.2 Å². The predicted octanol–water partition coefficient (Wildman–Crippen LogP) is 2.73. The van der Waals surface area contributed by atoms with Crippen molar-refractivity contribution < 1.29 is 14.1 Å². The Labute approximate surface area is 137 Å². The SMILES string of the molecule is CCN(C)C(=O)c1ccc(B2OC(C)(C)C(C)(C)O2)cc1Cl. The zero-order chi connectivity index (χ0) is 16.7. The van der Waals surface area contributed by atoms with Crippen LogP contribution >= 0.6 is 11.6 Å². The summed E-state index contributed by atoms with van der Waals surface area (Å²) in [6, 6.07) is 5.32. The van der Waals surface area contributed by atoms with Crippen LogP contribution in [0.15, 0.2) is 18.2 Å². The summed E-state index contributed by atoms with van der Waals surface area (Å²) in [6.45, 7) is 10.6. The van der Waals surface area contributed by atoms with Crippen LogP contribution < -0.4 is 5.46 Å². The van der Waals surface area contributed by atoms with Crippen molar-refractivity contribution in [2.45, 2.75) is 45.8 Å². The van der Waals surface area contributed by atoms with E-state index in [1.165, 1.54) is 0 Å². The van der Waals surface area contributed by atoms with Crippen molar-refractivity contribution >= 4 is 30.1 Å². The number of hydrogen-bond donors (Lipinski definition) is 0. The fraction of sp³-hybridized carbons (Fsp3) is 0.562. The number of nitrogens with zero attached hydrogens (tertiary/aromatic N) is 1. The van der Waals surface area contributed by atoms with E-state index in [1.54, 1.807) is 24.1 Å². The number of hydrogen-bond acceptors (Lipinski definition) is 3. The molecule has 6 heteroatoms. The fourth-order valence-corrected chi connectivity index (χ4v) is 2.45. The fourth-order valence-electron chi connectivity index (χ4n) is 2.18. The molecule has 22 heavy (non-hydrogen) atoms. The van der Waals surface area contributed by atoms with Gasteiger partial charge in [0.25, 0.3) is 5.91 Å². The molecular weight excluding hydrogens is 300 g/mol. The Kier molecular flexibility index (Phi) is 4.62. The van der Waals surface area contributed by atoms with E-state index in [9.17, 15) is 4.79 Å². The number of amides is 1. The molecule has 1 aromatic carbocycles. The Morgan fingerprint density at radius 3 is 2.23 bits per heavy atom. The number of carbonyl (C=O) groups is 1. The van der Waals surface area contributed by atoms with Crippen LogP contribution in [0.1, 0.15) is 45.0 Å². The van der Waals surface area contributed by atoms with Crippen molar-refractivity contribution in [2.24, 2.45) is 0 Å². The minimum Gasteiger partial charge on any atom is -0.399 e. The molecule has 0 unspecified atom stereocenters. The summed E-state index contributed by atoms with van der Waals surface area (Å²) in [5.74, 6) is -0.0898. The van der Waals surface area contributed by atoms with Gasteiger partial charge in [-0.1, -0.05) is 17.7 Å². The van der Waals surface area contributed by atoms with Crippen LogP contribution in [0.5, 0.6) is 0 Å². The Bertz CT molecular complexity index is 573. The van der Waals surface area contributed by atoms with Gasteiger partial charge in [-0.15, -0.1) is 0 Å². The molecule has 0 spiro atoms. The first kappa shape index (κ1) is 17.3. The van der Waals surface area contributed by atoms with E-state index >= 15 is 0 Å². The standard InChI is InChI=1S/C16H23BClNO3/c1-7-19(6)14(20)12-9-8-11(10-13(12)18)17-21-15(2,3)16(4,5)22-17/h8-10H,7H2,1-6H3. The largest absolute Gasteiger partial charge is 0.494 e. The molecule has 1 aromatic rings. The zero-order valence-corrected chi connectivity index (χ0v) is 14.8. The third-order valence-electron chi connectivity index (χ3n) is 4.57. The molecule has 0 aliphatic carbocycles. The summed E-state index contributed by atoms with van der Waals surface area (Å²) >= 11 is 6.29. The third-order valence-corrected chi connectivity index (χ3v) is 4.88. The lowest BCUT2D eigenvalue weighted by molar-refractivity contribution is 0.00578. The van der Waals surface area contributed by atoms with Gasteiger partial charge in [0.15, 0.2) is 0 Å². The quantitative estimate of drug-likeness (QED) is 0.803. The molecule has 0 saturated carbocycles. The van der Waals surface area contributed by atoms with Gasteiger partial charge in [0.05, 0.1) is 21.8 Å². The van der Waals surface area contributed by atoms with Crippen LogP contribution in [0.3, 0.4) is 0 Å². The molecule has 120 valence electrons. The highest BCUT2D eigenvalue weighted by Gasteiger charge is 2.51. The molecule has 2 rings (SSSR count). The highest BCUT2D eigenvalue weighted by atomic mass is 35.5. The first-order chi connectivity index (χ1) is 10.1. The van der Waals surface area contributed by atoms with Crippen LogP contribution in [0.4, 0.5) is 0 Å². The summed E-state index contributed by atoms with van der Waals surface area (Å²) in [5.41, 5.74) is 0.507. The topological polar surface area (TPSA) is 38.8 Å². The van der Waals surface area contributed by atoms with Gasteiger partial charge in [-0.25, -0.2) is 0 Å². The van der Waals surface area contributed by atoms with Gasteiger partial charge in [0, 0.05) is 13.6 Å². The summed E-state index contributed by atoms with van der Waals surface area (Å²) in [7, 11) is 1.27. The number of rotatable bonds is 3. The molecule has 0 bridgehead atoms. The molecule has 1 aliphatic rings. The normalized spacial score (nSPS) is 19.3. The monoisotopic (exact) mass is 323 g/mol. The van der Waals surface area contributed by atoms with Crippen molar-refractivity contribution in [1.82, 2.24) is 4.90 Å². The average molecular weight is 324 g/mol. The van der Waals surface area contributed by atoms with Crippen LogP contribution in [-0.4, -0.2) is 42.7 Å². The Morgan fingerprint density at radius 1 is 1.23 bits per heavy atom. The minimum absolute atomic E-state index is 0.0898. The lowest BCUT2D eigenvalue weighted by atomic mass is 9.79.